The van der Waals surface area contributed by atoms with Crippen molar-refractivity contribution in [3.63, 3.8) is 0 Å². The van der Waals surface area contributed by atoms with Crippen molar-refractivity contribution < 1.29 is 4.79 Å². The molecular weight excluding hydrogens is 450 g/mol. The van der Waals surface area contributed by atoms with Crippen LogP contribution in [0.15, 0.2) is 76.3 Å². The van der Waals surface area contributed by atoms with Gasteiger partial charge in [-0.3, -0.25) is 9.36 Å². The molecule has 2 aromatic heterocycles. The zero-order chi connectivity index (χ0) is 21.6. The van der Waals surface area contributed by atoms with Crippen molar-refractivity contribution in [1.29, 1.82) is 0 Å². The van der Waals surface area contributed by atoms with Crippen LogP contribution in [0.25, 0.3) is 17.1 Å². The molecular formula is C22H18ClN5OS2. The molecule has 2 aromatic carbocycles. The monoisotopic (exact) mass is 467 g/mol. The lowest BCUT2D eigenvalue weighted by Crippen LogP contribution is -2.19. The van der Waals surface area contributed by atoms with Gasteiger partial charge >= 0.3 is 0 Å². The van der Waals surface area contributed by atoms with Crippen LogP contribution < -0.4 is 5.43 Å². The first kappa shape index (κ1) is 21.3. The van der Waals surface area contributed by atoms with E-state index in [0.29, 0.717) is 16.0 Å². The number of carbonyl (C=O) groups excluding carboxylic acids is 1. The van der Waals surface area contributed by atoms with E-state index in [-0.39, 0.29) is 11.7 Å². The third-order valence-electron chi connectivity index (χ3n) is 4.28. The smallest absolute Gasteiger partial charge is 0.250 e. The van der Waals surface area contributed by atoms with Crippen molar-refractivity contribution in [3.8, 4) is 17.1 Å². The van der Waals surface area contributed by atoms with E-state index >= 15 is 0 Å². The first-order valence-electron chi connectivity index (χ1n) is 9.37. The predicted molar refractivity (Wildman–Crippen MR) is 127 cm³/mol. The second-order valence-electron chi connectivity index (χ2n) is 6.58. The van der Waals surface area contributed by atoms with Crippen LogP contribution in [0.5, 0.6) is 0 Å². The standard InChI is InChI=1S/C22H18ClN5OS2/c1-15-4-10-18(11-5-15)28-21(16-6-8-17(23)9-7-16)26-27-22(28)31-14-20(29)25-24-13-19-3-2-12-30-19/h2-13H,14H2,1H3,(H,25,29)/b24-13+. The number of hydrogen-bond donors (Lipinski definition) is 1. The highest BCUT2D eigenvalue weighted by molar-refractivity contribution is 7.99. The van der Waals surface area contributed by atoms with Crippen LogP contribution in [0.3, 0.4) is 0 Å². The summed E-state index contributed by atoms with van der Waals surface area (Å²) in [6, 6.07) is 19.4. The van der Waals surface area contributed by atoms with Gasteiger partial charge in [0.05, 0.1) is 12.0 Å². The Morgan fingerprint density at radius 3 is 2.65 bits per heavy atom. The maximum absolute atomic E-state index is 12.2. The van der Waals surface area contributed by atoms with Crippen LogP contribution in [0.1, 0.15) is 10.4 Å². The lowest BCUT2D eigenvalue weighted by molar-refractivity contribution is -0.118. The molecule has 1 N–H and O–H groups in total. The maximum atomic E-state index is 12.2. The van der Waals surface area contributed by atoms with E-state index < -0.39 is 0 Å². The minimum atomic E-state index is -0.218. The van der Waals surface area contributed by atoms with Crippen molar-refractivity contribution in [2.45, 2.75) is 12.1 Å². The number of thioether (sulfide) groups is 1. The van der Waals surface area contributed by atoms with Crippen molar-refractivity contribution in [3.05, 3.63) is 81.5 Å². The molecule has 0 saturated heterocycles. The fraction of sp³-hybridized carbons (Fsp3) is 0.0909. The minimum Gasteiger partial charge on any atom is -0.272 e. The van der Waals surface area contributed by atoms with E-state index in [0.717, 1.165) is 21.7 Å². The van der Waals surface area contributed by atoms with E-state index in [9.17, 15) is 4.79 Å². The zero-order valence-electron chi connectivity index (χ0n) is 16.5. The van der Waals surface area contributed by atoms with E-state index in [1.165, 1.54) is 11.8 Å². The predicted octanol–water partition coefficient (Wildman–Crippen LogP) is 5.20. The SMILES string of the molecule is Cc1ccc(-n2c(SCC(=O)N/N=C/c3cccs3)nnc2-c2ccc(Cl)cc2)cc1. The van der Waals surface area contributed by atoms with Gasteiger partial charge in [0.2, 0.25) is 0 Å². The van der Waals surface area contributed by atoms with Crippen LogP contribution in [0.2, 0.25) is 5.02 Å². The molecule has 6 nitrogen and oxygen atoms in total. The maximum Gasteiger partial charge on any atom is 0.250 e. The zero-order valence-corrected chi connectivity index (χ0v) is 18.9. The molecule has 0 fully saturated rings. The largest absolute Gasteiger partial charge is 0.272 e. The van der Waals surface area contributed by atoms with E-state index in [1.807, 2.05) is 77.5 Å². The molecule has 156 valence electrons. The van der Waals surface area contributed by atoms with Gasteiger partial charge in [-0.15, -0.1) is 21.5 Å². The summed E-state index contributed by atoms with van der Waals surface area (Å²) in [4.78, 5) is 13.2. The topological polar surface area (TPSA) is 72.2 Å². The molecule has 0 aliphatic rings. The Kier molecular flexibility index (Phi) is 6.81. The lowest BCUT2D eigenvalue weighted by atomic mass is 10.2. The number of rotatable bonds is 7. The Labute approximate surface area is 193 Å². The number of carbonyl (C=O) groups is 1. The van der Waals surface area contributed by atoms with Crippen molar-refractivity contribution in [2.75, 3.05) is 5.75 Å². The van der Waals surface area contributed by atoms with Crippen LogP contribution in [-0.2, 0) is 4.79 Å². The minimum absolute atomic E-state index is 0.159. The summed E-state index contributed by atoms with van der Waals surface area (Å²) in [5.74, 6) is 0.621. The summed E-state index contributed by atoms with van der Waals surface area (Å²) in [7, 11) is 0. The normalized spacial score (nSPS) is 11.2. The Hall–Kier alpha value is -2.94. The van der Waals surface area contributed by atoms with E-state index in [4.69, 9.17) is 11.6 Å². The molecule has 0 spiro atoms. The van der Waals surface area contributed by atoms with Gasteiger partial charge in [-0.25, -0.2) is 5.43 Å². The quantitative estimate of drug-likeness (QED) is 0.230. The number of amides is 1. The molecule has 4 aromatic rings. The van der Waals surface area contributed by atoms with Gasteiger partial charge in [0.15, 0.2) is 11.0 Å². The number of hydrogen-bond acceptors (Lipinski definition) is 6. The van der Waals surface area contributed by atoms with E-state index in [2.05, 4.69) is 20.7 Å². The van der Waals surface area contributed by atoms with Crippen molar-refractivity contribution >= 4 is 46.8 Å². The Morgan fingerprint density at radius 1 is 1.16 bits per heavy atom. The average molecular weight is 468 g/mol. The number of benzene rings is 2. The van der Waals surface area contributed by atoms with Gasteiger partial charge in [0, 0.05) is 21.2 Å². The van der Waals surface area contributed by atoms with Crippen LogP contribution in [0.4, 0.5) is 0 Å². The molecule has 0 saturated carbocycles. The van der Waals surface area contributed by atoms with Gasteiger partial charge in [-0.2, -0.15) is 5.10 Å². The third kappa shape index (κ3) is 5.41. The first-order chi connectivity index (χ1) is 15.1. The van der Waals surface area contributed by atoms with Crippen LogP contribution in [-0.4, -0.2) is 32.6 Å². The Morgan fingerprint density at radius 2 is 1.94 bits per heavy atom. The molecule has 4 rings (SSSR count). The molecule has 9 heteroatoms. The highest BCUT2D eigenvalue weighted by Crippen LogP contribution is 2.28. The second-order valence-corrected chi connectivity index (χ2v) is 8.94. The number of aromatic nitrogens is 3. The van der Waals surface area contributed by atoms with Crippen molar-refractivity contribution in [2.24, 2.45) is 5.10 Å². The number of aryl methyl sites for hydroxylation is 1. The molecule has 0 unspecified atom stereocenters. The number of hydrazone groups is 1. The fourth-order valence-electron chi connectivity index (χ4n) is 2.77. The van der Waals surface area contributed by atoms with Crippen molar-refractivity contribution in [1.82, 2.24) is 20.2 Å². The Bertz CT molecular complexity index is 1190. The van der Waals surface area contributed by atoms with Gasteiger partial charge in [0.1, 0.15) is 0 Å². The lowest BCUT2D eigenvalue weighted by Gasteiger charge is -2.10. The van der Waals surface area contributed by atoms with Gasteiger partial charge in [-0.05, 0) is 54.8 Å². The molecule has 0 aliphatic carbocycles. The summed E-state index contributed by atoms with van der Waals surface area (Å²) in [6.07, 6.45) is 1.63. The molecule has 0 bridgehead atoms. The fourth-order valence-corrected chi connectivity index (χ4v) is 4.23. The Balaban J connectivity index is 1.54. The average Bonchev–Trinajstić information content (AvgIpc) is 3.43. The molecule has 0 atom stereocenters. The highest BCUT2D eigenvalue weighted by Gasteiger charge is 2.17. The highest BCUT2D eigenvalue weighted by atomic mass is 35.5. The first-order valence-corrected chi connectivity index (χ1v) is 11.6. The number of thiophene rings is 1. The summed E-state index contributed by atoms with van der Waals surface area (Å²) in [5, 5.41) is 15.9. The van der Waals surface area contributed by atoms with Gasteiger partial charge in [0.25, 0.3) is 5.91 Å². The summed E-state index contributed by atoms with van der Waals surface area (Å²) >= 11 is 8.89. The van der Waals surface area contributed by atoms with E-state index in [1.54, 1.807) is 17.6 Å². The number of nitrogens with one attached hydrogen (secondary N) is 1. The molecule has 0 radical (unpaired) electrons. The number of nitrogens with zero attached hydrogens (tertiary/aromatic N) is 4. The molecule has 2 heterocycles. The third-order valence-corrected chi connectivity index (χ3v) is 6.27. The molecule has 0 aliphatic heterocycles. The second kappa shape index (κ2) is 9.91. The number of halogens is 1. The van der Waals surface area contributed by atoms with Gasteiger partial charge in [-0.1, -0.05) is 47.1 Å². The summed E-state index contributed by atoms with van der Waals surface area (Å²) < 4.78 is 1.94. The summed E-state index contributed by atoms with van der Waals surface area (Å²) in [5.41, 5.74) is 5.50. The molecule has 1 amide bonds. The van der Waals surface area contributed by atoms with Gasteiger partial charge < -0.3 is 0 Å². The summed E-state index contributed by atoms with van der Waals surface area (Å²) in [6.45, 7) is 2.03. The van der Waals surface area contributed by atoms with Crippen LogP contribution in [0, 0.1) is 6.92 Å². The molecule has 31 heavy (non-hydrogen) atoms. The van der Waals surface area contributed by atoms with Crippen LogP contribution >= 0.6 is 34.7 Å².